The van der Waals surface area contributed by atoms with E-state index in [-0.39, 0.29) is 17.4 Å². The summed E-state index contributed by atoms with van der Waals surface area (Å²) in [6.07, 6.45) is 1.60. The first-order chi connectivity index (χ1) is 9.96. The summed E-state index contributed by atoms with van der Waals surface area (Å²) in [6, 6.07) is 7.21. The molecule has 1 aromatic rings. The van der Waals surface area contributed by atoms with Gasteiger partial charge in [-0.2, -0.15) is 0 Å². The molecule has 2 amide bonds. The van der Waals surface area contributed by atoms with Crippen molar-refractivity contribution in [3.8, 4) is 0 Å². The fourth-order valence-corrected chi connectivity index (χ4v) is 2.08. The molecule has 0 atom stereocenters. The van der Waals surface area contributed by atoms with Crippen LogP contribution in [0.15, 0.2) is 24.3 Å². The maximum absolute atomic E-state index is 12.3. The van der Waals surface area contributed by atoms with Crippen molar-refractivity contribution in [2.75, 3.05) is 6.54 Å². The molecule has 0 aliphatic carbocycles. The molecule has 0 saturated heterocycles. The Morgan fingerprint density at radius 3 is 2.14 bits per heavy atom. The van der Waals surface area contributed by atoms with Crippen LogP contribution < -0.4 is 16.4 Å². The Morgan fingerprint density at radius 2 is 1.71 bits per heavy atom. The third-order valence-electron chi connectivity index (χ3n) is 3.88. The highest BCUT2D eigenvalue weighted by Crippen LogP contribution is 2.15. The van der Waals surface area contributed by atoms with Gasteiger partial charge in [0.1, 0.15) is 0 Å². The van der Waals surface area contributed by atoms with E-state index in [4.69, 9.17) is 5.73 Å². The number of benzene rings is 1. The minimum Gasteiger partial charge on any atom is -0.352 e. The van der Waals surface area contributed by atoms with Crippen LogP contribution in [-0.2, 0) is 11.3 Å². The fourth-order valence-electron chi connectivity index (χ4n) is 2.08. The van der Waals surface area contributed by atoms with Crippen LogP contribution in [0.1, 0.15) is 49.5 Å². The predicted molar refractivity (Wildman–Crippen MR) is 83.8 cm³/mol. The molecule has 4 N–H and O–H groups in total. The van der Waals surface area contributed by atoms with E-state index >= 15 is 0 Å². The van der Waals surface area contributed by atoms with Gasteiger partial charge in [-0.15, -0.1) is 0 Å². The third kappa shape index (κ3) is 4.86. The van der Waals surface area contributed by atoms with Gasteiger partial charge in [0.25, 0.3) is 5.91 Å². The lowest BCUT2D eigenvalue weighted by Crippen LogP contribution is -2.52. The normalized spacial score (nSPS) is 11.0. The van der Waals surface area contributed by atoms with Crippen LogP contribution in [0.25, 0.3) is 0 Å². The molecule has 0 saturated carbocycles. The van der Waals surface area contributed by atoms with Crippen molar-refractivity contribution in [1.29, 1.82) is 0 Å². The summed E-state index contributed by atoms with van der Waals surface area (Å²) in [7, 11) is 0. The zero-order valence-electron chi connectivity index (χ0n) is 13.0. The van der Waals surface area contributed by atoms with E-state index in [9.17, 15) is 9.59 Å². The Labute approximate surface area is 126 Å². The standard InChI is InChI=1S/C16H25N3O2/c1-4-16(5-2,11-17)19-15(21)14-8-6-13(7-9-14)10-18-12(3)20/h6-9H,4-5,10-11,17H2,1-3H3,(H,18,20)(H,19,21). The first kappa shape index (κ1) is 17.2. The van der Waals surface area contributed by atoms with E-state index in [2.05, 4.69) is 10.6 Å². The summed E-state index contributed by atoms with van der Waals surface area (Å²) in [5, 5.41) is 5.75. The lowest BCUT2D eigenvalue weighted by molar-refractivity contribution is -0.119. The molecule has 5 nitrogen and oxygen atoms in total. The quantitative estimate of drug-likeness (QED) is 0.713. The average molecular weight is 291 g/mol. The molecule has 1 aromatic carbocycles. The van der Waals surface area contributed by atoms with Crippen LogP contribution in [0, 0.1) is 0 Å². The Morgan fingerprint density at radius 1 is 1.14 bits per heavy atom. The van der Waals surface area contributed by atoms with Gasteiger partial charge in [-0.25, -0.2) is 0 Å². The van der Waals surface area contributed by atoms with Crippen LogP contribution in [0.4, 0.5) is 0 Å². The number of nitrogens with one attached hydrogen (secondary N) is 2. The molecule has 0 spiro atoms. The van der Waals surface area contributed by atoms with E-state index in [1.54, 1.807) is 12.1 Å². The Bertz CT molecular complexity index is 471. The van der Waals surface area contributed by atoms with Gasteiger partial charge in [-0.1, -0.05) is 26.0 Å². The second-order valence-corrected chi connectivity index (χ2v) is 5.25. The van der Waals surface area contributed by atoms with E-state index in [0.717, 1.165) is 18.4 Å². The van der Waals surface area contributed by atoms with Crippen LogP contribution in [-0.4, -0.2) is 23.9 Å². The molecule has 0 aliphatic rings. The summed E-state index contributed by atoms with van der Waals surface area (Å²) in [6.45, 7) is 6.41. The average Bonchev–Trinajstić information content (AvgIpc) is 2.51. The Kier molecular flexibility index (Phi) is 6.37. The monoisotopic (exact) mass is 291 g/mol. The molecule has 0 unspecified atom stereocenters. The van der Waals surface area contributed by atoms with Crippen molar-refractivity contribution in [3.05, 3.63) is 35.4 Å². The number of amides is 2. The van der Waals surface area contributed by atoms with Gasteiger partial charge in [0, 0.05) is 25.6 Å². The summed E-state index contributed by atoms with van der Waals surface area (Å²) in [4.78, 5) is 23.1. The highest BCUT2D eigenvalue weighted by molar-refractivity contribution is 5.94. The fraction of sp³-hybridized carbons (Fsp3) is 0.500. The molecule has 0 aliphatic heterocycles. The van der Waals surface area contributed by atoms with Crippen molar-refractivity contribution in [2.24, 2.45) is 5.73 Å². The number of carbonyl (C=O) groups is 2. The van der Waals surface area contributed by atoms with Crippen molar-refractivity contribution in [1.82, 2.24) is 10.6 Å². The highest BCUT2D eigenvalue weighted by atomic mass is 16.2. The van der Waals surface area contributed by atoms with Crippen molar-refractivity contribution >= 4 is 11.8 Å². The second-order valence-electron chi connectivity index (χ2n) is 5.25. The SMILES string of the molecule is CCC(CC)(CN)NC(=O)c1ccc(CNC(C)=O)cc1. The van der Waals surface area contributed by atoms with Crippen LogP contribution in [0.3, 0.4) is 0 Å². The molecule has 1 rings (SSSR count). The molecule has 0 bridgehead atoms. The minimum absolute atomic E-state index is 0.0737. The maximum Gasteiger partial charge on any atom is 0.251 e. The molecule has 5 heteroatoms. The molecule has 0 heterocycles. The molecular weight excluding hydrogens is 266 g/mol. The molecule has 0 radical (unpaired) electrons. The molecular formula is C16H25N3O2. The maximum atomic E-state index is 12.3. The van der Waals surface area contributed by atoms with Crippen LogP contribution in [0.5, 0.6) is 0 Å². The number of carbonyl (C=O) groups excluding carboxylic acids is 2. The predicted octanol–water partition coefficient (Wildman–Crippen LogP) is 1.57. The first-order valence-electron chi connectivity index (χ1n) is 7.32. The van der Waals surface area contributed by atoms with Gasteiger partial charge in [0.05, 0.1) is 5.54 Å². The summed E-state index contributed by atoms with van der Waals surface area (Å²) in [5.41, 5.74) is 7.01. The zero-order chi connectivity index (χ0) is 15.9. The largest absolute Gasteiger partial charge is 0.352 e. The van der Waals surface area contributed by atoms with E-state index in [1.165, 1.54) is 6.92 Å². The lowest BCUT2D eigenvalue weighted by Gasteiger charge is -2.31. The van der Waals surface area contributed by atoms with Gasteiger partial charge in [0.15, 0.2) is 0 Å². The van der Waals surface area contributed by atoms with Gasteiger partial charge in [-0.05, 0) is 30.5 Å². The van der Waals surface area contributed by atoms with E-state index in [1.807, 2.05) is 26.0 Å². The number of rotatable bonds is 7. The summed E-state index contributed by atoms with van der Waals surface area (Å²) < 4.78 is 0. The highest BCUT2D eigenvalue weighted by Gasteiger charge is 2.26. The number of nitrogens with two attached hydrogens (primary N) is 1. The third-order valence-corrected chi connectivity index (χ3v) is 3.88. The Hall–Kier alpha value is -1.88. The molecule has 116 valence electrons. The van der Waals surface area contributed by atoms with Gasteiger partial charge >= 0.3 is 0 Å². The minimum atomic E-state index is -0.341. The van der Waals surface area contributed by atoms with Crippen LogP contribution >= 0.6 is 0 Å². The van der Waals surface area contributed by atoms with Gasteiger partial charge in [0.2, 0.25) is 5.91 Å². The van der Waals surface area contributed by atoms with Gasteiger partial charge < -0.3 is 16.4 Å². The van der Waals surface area contributed by atoms with Gasteiger partial charge in [-0.3, -0.25) is 9.59 Å². The smallest absolute Gasteiger partial charge is 0.251 e. The summed E-state index contributed by atoms with van der Waals surface area (Å²) >= 11 is 0. The molecule has 21 heavy (non-hydrogen) atoms. The Balaban J connectivity index is 2.73. The molecule has 0 fully saturated rings. The van der Waals surface area contributed by atoms with Crippen LogP contribution in [0.2, 0.25) is 0 Å². The lowest BCUT2D eigenvalue weighted by atomic mass is 9.92. The first-order valence-corrected chi connectivity index (χ1v) is 7.32. The van der Waals surface area contributed by atoms with E-state index in [0.29, 0.717) is 18.7 Å². The topological polar surface area (TPSA) is 84.2 Å². The van der Waals surface area contributed by atoms with Crippen molar-refractivity contribution < 1.29 is 9.59 Å². The number of hydrogen-bond donors (Lipinski definition) is 3. The molecule has 0 aromatic heterocycles. The van der Waals surface area contributed by atoms with Crippen molar-refractivity contribution in [3.63, 3.8) is 0 Å². The van der Waals surface area contributed by atoms with E-state index < -0.39 is 0 Å². The zero-order valence-corrected chi connectivity index (χ0v) is 13.0. The second kappa shape index (κ2) is 7.78. The number of hydrogen-bond acceptors (Lipinski definition) is 3. The summed E-state index contributed by atoms with van der Waals surface area (Å²) in [5.74, 6) is -0.189. The van der Waals surface area contributed by atoms with Crippen molar-refractivity contribution in [2.45, 2.75) is 45.7 Å².